The molecule has 0 aliphatic carbocycles. The molecular formula is C19H33I2N3O3Si. The molecule has 1 aromatic rings. The van der Waals surface area contributed by atoms with Gasteiger partial charge in [-0.05, 0) is 90.5 Å². The minimum atomic E-state index is -1.83. The van der Waals surface area contributed by atoms with E-state index in [9.17, 15) is 4.79 Å². The average molecular weight is 633 g/mol. The number of amides is 1. The molecule has 2 rings (SSSR count). The van der Waals surface area contributed by atoms with Crippen LogP contribution in [0.5, 0.6) is 0 Å². The molecule has 1 saturated heterocycles. The fourth-order valence-corrected chi connectivity index (χ4v) is 4.75. The monoisotopic (exact) mass is 633 g/mol. The summed E-state index contributed by atoms with van der Waals surface area (Å²) in [6.07, 6.45) is 0.543. The lowest BCUT2D eigenvalue weighted by Gasteiger charge is -2.37. The van der Waals surface area contributed by atoms with Crippen LogP contribution < -0.4 is 0 Å². The van der Waals surface area contributed by atoms with Crippen molar-refractivity contribution in [2.24, 2.45) is 5.92 Å². The Morgan fingerprint density at radius 2 is 1.86 bits per heavy atom. The summed E-state index contributed by atoms with van der Waals surface area (Å²) in [5.74, 6) is 1.10. The smallest absolute Gasteiger partial charge is 0.410 e. The maximum Gasteiger partial charge on any atom is 0.410 e. The number of imidazole rings is 1. The SMILES string of the molecule is CC(C)(C)OC(=O)N1C[C@@H](CO[Si](C)(C)C(C)(C)C)C[C@H]1c1nc(I)c(I)[nH]1. The molecule has 1 N–H and O–H groups in total. The third kappa shape index (κ3) is 6.07. The van der Waals surface area contributed by atoms with Crippen molar-refractivity contribution in [1.29, 1.82) is 0 Å². The summed E-state index contributed by atoms with van der Waals surface area (Å²) in [5, 5.41) is 0.170. The molecule has 1 aromatic heterocycles. The van der Waals surface area contributed by atoms with Crippen LogP contribution in [0.1, 0.15) is 59.8 Å². The summed E-state index contributed by atoms with van der Waals surface area (Å²) >= 11 is 4.46. The first-order chi connectivity index (χ1) is 12.6. The van der Waals surface area contributed by atoms with E-state index in [0.29, 0.717) is 13.2 Å². The number of nitrogens with zero attached hydrogens (tertiary/aromatic N) is 2. The molecule has 0 spiro atoms. The van der Waals surface area contributed by atoms with Crippen LogP contribution in [0.4, 0.5) is 4.79 Å². The summed E-state index contributed by atoms with van der Waals surface area (Å²) in [6, 6.07) is -0.111. The summed E-state index contributed by atoms with van der Waals surface area (Å²) in [6.45, 7) is 18.3. The van der Waals surface area contributed by atoms with Crippen molar-refractivity contribution in [3.8, 4) is 0 Å². The van der Waals surface area contributed by atoms with Crippen LogP contribution in [-0.4, -0.2) is 48.0 Å². The second kappa shape index (κ2) is 8.70. The Morgan fingerprint density at radius 1 is 1.25 bits per heavy atom. The second-order valence-electron chi connectivity index (χ2n) is 10.0. The number of H-pyrrole nitrogens is 1. The maximum absolute atomic E-state index is 12.9. The van der Waals surface area contributed by atoms with E-state index in [4.69, 9.17) is 9.16 Å². The number of ether oxygens (including phenoxy) is 1. The highest BCUT2D eigenvalue weighted by atomic mass is 127. The molecule has 0 bridgehead atoms. The van der Waals surface area contributed by atoms with E-state index in [1.165, 1.54) is 0 Å². The van der Waals surface area contributed by atoms with Gasteiger partial charge in [0.05, 0.1) is 6.04 Å². The van der Waals surface area contributed by atoms with Crippen LogP contribution >= 0.6 is 45.2 Å². The third-order valence-corrected chi connectivity index (χ3v) is 12.5. The van der Waals surface area contributed by atoms with Crippen LogP contribution in [0.25, 0.3) is 0 Å². The molecule has 2 heterocycles. The first-order valence-corrected chi connectivity index (χ1v) is 14.7. The molecule has 1 aliphatic heterocycles. The molecule has 1 aliphatic rings. The lowest BCUT2D eigenvalue weighted by molar-refractivity contribution is 0.0211. The number of hydrogen-bond donors (Lipinski definition) is 1. The quantitative estimate of drug-likeness (QED) is 0.330. The van der Waals surface area contributed by atoms with Crippen LogP contribution in [-0.2, 0) is 9.16 Å². The molecule has 2 atom stereocenters. The largest absolute Gasteiger partial charge is 0.444 e. The van der Waals surface area contributed by atoms with Gasteiger partial charge in [0.15, 0.2) is 8.32 Å². The number of halogens is 2. The topological polar surface area (TPSA) is 67.4 Å². The summed E-state index contributed by atoms with van der Waals surface area (Å²) < 4.78 is 14.0. The molecule has 0 unspecified atom stereocenters. The van der Waals surface area contributed by atoms with Gasteiger partial charge in [0.2, 0.25) is 0 Å². The highest BCUT2D eigenvalue weighted by Gasteiger charge is 2.42. The van der Waals surface area contributed by atoms with Gasteiger partial charge in [-0.25, -0.2) is 9.78 Å². The van der Waals surface area contributed by atoms with Crippen molar-refractivity contribution in [1.82, 2.24) is 14.9 Å². The zero-order valence-corrected chi connectivity index (χ0v) is 23.5. The Kier molecular flexibility index (Phi) is 7.57. The van der Waals surface area contributed by atoms with Gasteiger partial charge in [-0.2, -0.15) is 0 Å². The van der Waals surface area contributed by atoms with E-state index in [1.54, 1.807) is 0 Å². The molecule has 1 fully saturated rings. The van der Waals surface area contributed by atoms with Crippen molar-refractivity contribution in [3.05, 3.63) is 13.2 Å². The number of carbonyl (C=O) groups excluding carboxylic acids is 1. The number of aromatic amines is 1. The van der Waals surface area contributed by atoms with Crippen molar-refractivity contribution in [2.75, 3.05) is 13.2 Å². The number of likely N-dealkylation sites (tertiary alicyclic amines) is 1. The maximum atomic E-state index is 12.9. The normalized spacial score (nSPS) is 21.3. The first-order valence-electron chi connectivity index (χ1n) is 9.65. The van der Waals surface area contributed by atoms with Crippen LogP contribution in [0.2, 0.25) is 18.1 Å². The Labute approximate surface area is 197 Å². The predicted molar refractivity (Wildman–Crippen MR) is 131 cm³/mol. The van der Waals surface area contributed by atoms with Crippen molar-refractivity contribution < 1.29 is 14.0 Å². The highest BCUT2D eigenvalue weighted by Crippen LogP contribution is 2.40. The summed E-state index contributed by atoms with van der Waals surface area (Å²) in [7, 11) is -1.83. The second-order valence-corrected chi connectivity index (χ2v) is 17.0. The highest BCUT2D eigenvalue weighted by molar-refractivity contribution is 14.1. The molecule has 1 amide bonds. The molecule has 0 aromatic carbocycles. The minimum absolute atomic E-state index is 0.111. The Morgan fingerprint density at radius 3 is 2.32 bits per heavy atom. The standard InChI is InChI=1S/C19H33I2N3O3Si/c1-18(2,3)27-17(25)24-10-12(11-26-28(7,8)19(4,5)6)9-13(24)16-22-14(20)15(21)23-16/h12-13H,9-11H2,1-8H3,(H,22,23)/t12-,13-/m0/s1. The van der Waals surface area contributed by atoms with Gasteiger partial charge in [0, 0.05) is 19.1 Å². The summed E-state index contributed by atoms with van der Waals surface area (Å²) in [4.78, 5) is 22.7. The molecule has 9 heteroatoms. The number of nitrogens with one attached hydrogen (secondary N) is 1. The Balaban J connectivity index is 2.18. The van der Waals surface area contributed by atoms with Gasteiger partial charge in [-0.3, -0.25) is 4.90 Å². The first kappa shape index (κ1) is 24.4. The van der Waals surface area contributed by atoms with Crippen molar-refractivity contribution in [2.45, 2.75) is 77.7 Å². The molecule has 28 heavy (non-hydrogen) atoms. The van der Waals surface area contributed by atoms with Crippen LogP contribution in [0.3, 0.4) is 0 Å². The van der Waals surface area contributed by atoms with Gasteiger partial charge in [0.1, 0.15) is 18.8 Å². The number of carbonyl (C=O) groups is 1. The Hall–Kier alpha value is 0.117. The van der Waals surface area contributed by atoms with E-state index < -0.39 is 13.9 Å². The van der Waals surface area contributed by atoms with E-state index in [0.717, 1.165) is 19.6 Å². The van der Waals surface area contributed by atoms with E-state index >= 15 is 0 Å². The number of rotatable bonds is 4. The number of aromatic nitrogens is 2. The molecule has 0 saturated carbocycles. The van der Waals surface area contributed by atoms with Crippen LogP contribution in [0, 0.1) is 13.3 Å². The fourth-order valence-electron chi connectivity index (χ4n) is 2.87. The molecule has 6 nitrogen and oxygen atoms in total. The molecule has 0 radical (unpaired) electrons. The zero-order valence-electron chi connectivity index (χ0n) is 18.2. The molecule has 160 valence electrons. The Bertz CT molecular complexity index is 691. The van der Waals surface area contributed by atoms with E-state index in [1.807, 2.05) is 25.7 Å². The average Bonchev–Trinajstić information content (AvgIpc) is 3.07. The van der Waals surface area contributed by atoms with Gasteiger partial charge < -0.3 is 14.1 Å². The lowest BCUT2D eigenvalue weighted by atomic mass is 10.1. The zero-order chi connectivity index (χ0) is 21.5. The van der Waals surface area contributed by atoms with Gasteiger partial charge in [-0.1, -0.05) is 20.8 Å². The number of hydrogen-bond acceptors (Lipinski definition) is 4. The van der Waals surface area contributed by atoms with Crippen LogP contribution in [0.15, 0.2) is 0 Å². The van der Waals surface area contributed by atoms with Gasteiger partial charge in [0.25, 0.3) is 0 Å². The minimum Gasteiger partial charge on any atom is -0.444 e. The van der Waals surface area contributed by atoms with Gasteiger partial charge in [-0.15, -0.1) is 0 Å². The van der Waals surface area contributed by atoms with Crippen molar-refractivity contribution >= 4 is 59.6 Å². The van der Waals surface area contributed by atoms with Gasteiger partial charge >= 0.3 is 6.09 Å². The lowest BCUT2D eigenvalue weighted by Crippen LogP contribution is -2.42. The fraction of sp³-hybridized carbons (Fsp3) is 0.789. The third-order valence-electron chi connectivity index (χ3n) is 5.45. The molecular weight excluding hydrogens is 600 g/mol. The predicted octanol–water partition coefficient (Wildman–Crippen LogP) is 5.94. The van der Waals surface area contributed by atoms with E-state index in [2.05, 4.69) is 89.0 Å². The summed E-state index contributed by atoms with van der Waals surface area (Å²) in [5.41, 5.74) is -0.524. The van der Waals surface area contributed by atoms with Crippen molar-refractivity contribution in [3.63, 3.8) is 0 Å². The van der Waals surface area contributed by atoms with E-state index in [-0.39, 0.29) is 23.1 Å².